The Morgan fingerprint density at radius 2 is 1.97 bits per heavy atom. The number of halogens is 1. The molecule has 4 aromatic rings. The summed E-state index contributed by atoms with van der Waals surface area (Å²) in [5.41, 5.74) is 15.3. The highest BCUT2D eigenvalue weighted by Crippen LogP contribution is 2.73. The van der Waals surface area contributed by atoms with Crippen molar-refractivity contribution in [3.8, 4) is 0 Å². The van der Waals surface area contributed by atoms with Crippen LogP contribution in [0.5, 0.6) is 0 Å². The zero-order valence-electron chi connectivity index (χ0n) is 19.6. The highest BCUT2D eigenvalue weighted by molar-refractivity contribution is 9.10. The summed E-state index contributed by atoms with van der Waals surface area (Å²) in [6.45, 7) is 4.03. The predicted octanol–water partition coefficient (Wildman–Crippen LogP) is 4.62. The molecule has 35 heavy (non-hydrogen) atoms. The van der Waals surface area contributed by atoms with Crippen LogP contribution in [0.4, 0.5) is 11.6 Å². The maximum Gasteiger partial charge on any atom is 0.163 e. The Hall–Kier alpha value is -2.75. The van der Waals surface area contributed by atoms with E-state index in [0.717, 1.165) is 45.7 Å². The van der Waals surface area contributed by atoms with E-state index in [1.807, 2.05) is 26.0 Å². The highest BCUT2D eigenvalue weighted by atomic mass is 79.9. The van der Waals surface area contributed by atoms with Gasteiger partial charge in [0.25, 0.3) is 0 Å². The van der Waals surface area contributed by atoms with E-state index in [4.69, 9.17) is 20.9 Å². The number of benzene rings is 1. The van der Waals surface area contributed by atoms with E-state index in [1.54, 1.807) is 0 Å². The Morgan fingerprint density at radius 1 is 1.11 bits per heavy atom. The number of nitrogens with zero attached hydrogens (tertiary/aromatic N) is 4. The average molecular weight is 535 g/mol. The molecule has 1 aromatic carbocycles. The Kier molecular flexibility index (Phi) is 4.40. The topological polar surface area (TPSA) is 114 Å². The molecule has 5 atom stereocenters. The molecule has 1 saturated heterocycles. The van der Waals surface area contributed by atoms with Crippen LogP contribution in [0.1, 0.15) is 38.3 Å². The Morgan fingerprint density at radius 3 is 2.83 bits per heavy atom. The minimum Gasteiger partial charge on any atom is -0.383 e. The monoisotopic (exact) mass is 534 g/mol. The lowest BCUT2D eigenvalue weighted by Crippen LogP contribution is -2.32. The number of anilines is 2. The lowest BCUT2D eigenvalue weighted by Gasteiger charge is -2.24. The van der Waals surface area contributed by atoms with Gasteiger partial charge >= 0.3 is 0 Å². The van der Waals surface area contributed by atoms with Gasteiger partial charge in [-0.3, -0.25) is 0 Å². The van der Waals surface area contributed by atoms with Gasteiger partial charge in [-0.05, 0) is 78.7 Å². The molecule has 0 spiro atoms. The van der Waals surface area contributed by atoms with Crippen LogP contribution in [0.2, 0.25) is 0 Å². The second kappa shape index (κ2) is 7.15. The van der Waals surface area contributed by atoms with Crippen molar-refractivity contribution in [3.63, 3.8) is 0 Å². The Bertz CT molecular complexity index is 1500. The SMILES string of the molecule is CC1(C)O[C@H]2C(n3ccc4c(N)ncnc43)[C@H]3C[C@@]3(CCc3ccc4cc(Br)c(N)nc4c3)[C@H]2O1. The molecule has 0 bridgehead atoms. The van der Waals surface area contributed by atoms with Crippen molar-refractivity contribution in [3.05, 3.63) is 52.9 Å². The van der Waals surface area contributed by atoms with E-state index in [0.29, 0.717) is 17.6 Å². The number of pyridine rings is 1. The first kappa shape index (κ1) is 21.5. The number of aryl methyl sites for hydroxylation is 1. The summed E-state index contributed by atoms with van der Waals surface area (Å²) in [5, 5.41) is 1.96. The fourth-order valence-corrected chi connectivity index (χ4v) is 6.93. The summed E-state index contributed by atoms with van der Waals surface area (Å²) < 4.78 is 16.1. The van der Waals surface area contributed by atoms with Crippen LogP contribution in [-0.4, -0.2) is 37.5 Å². The lowest BCUT2D eigenvalue weighted by atomic mass is 9.91. The van der Waals surface area contributed by atoms with E-state index in [1.165, 1.54) is 11.9 Å². The highest BCUT2D eigenvalue weighted by Gasteiger charge is 2.75. The minimum atomic E-state index is -0.608. The number of rotatable bonds is 4. The Balaban J connectivity index is 1.21. The second-order valence-electron chi connectivity index (χ2n) is 10.7. The van der Waals surface area contributed by atoms with Crippen LogP contribution in [0.25, 0.3) is 21.9 Å². The van der Waals surface area contributed by atoms with E-state index in [9.17, 15) is 0 Å². The molecule has 9 heteroatoms. The zero-order valence-corrected chi connectivity index (χ0v) is 21.2. The van der Waals surface area contributed by atoms with E-state index >= 15 is 0 Å². The molecule has 1 unspecified atom stereocenters. The van der Waals surface area contributed by atoms with Crippen LogP contribution in [0.15, 0.2) is 47.3 Å². The van der Waals surface area contributed by atoms with Crippen LogP contribution in [0.3, 0.4) is 0 Å². The first-order valence-corrected chi connectivity index (χ1v) is 12.8. The largest absolute Gasteiger partial charge is 0.383 e. The third-order valence-corrected chi connectivity index (χ3v) is 8.86. The summed E-state index contributed by atoms with van der Waals surface area (Å²) in [4.78, 5) is 13.3. The summed E-state index contributed by atoms with van der Waals surface area (Å²) in [5.74, 6) is 0.875. The predicted molar refractivity (Wildman–Crippen MR) is 138 cm³/mol. The molecule has 3 aliphatic rings. The third kappa shape index (κ3) is 3.14. The van der Waals surface area contributed by atoms with Crippen molar-refractivity contribution >= 4 is 49.5 Å². The van der Waals surface area contributed by atoms with Gasteiger partial charge in [-0.1, -0.05) is 12.1 Å². The summed E-state index contributed by atoms with van der Waals surface area (Å²) in [6, 6.07) is 10.7. The van der Waals surface area contributed by atoms with Gasteiger partial charge in [0.05, 0.1) is 27.5 Å². The quantitative estimate of drug-likeness (QED) is 0.392. The number of nitrogens with two attached hydrogens (primary N) is 2. The molecule has 7 rings (SSSR count). The number of fused-ring (bicyclic) bond motifs is 5. The second-order valence-corrected chi connectivity index (χ2v) is 11.5. The lowest BCUT2D eigenvalue weighted by molar-refractivity contribution is -0.161. The number of hydrogen-bond donors (Lipinski definition) is 2. The molecule has 180 valence electrons. The van der Waals surface area contributed by atoms with E-state index in [-0.39, 0.29) is 23.7 Å². The third-order valence-electron chi connectivity index (χ3n) is 8.23. The van der Waals surface area contributed by atoms with Crippen molar-refractivity contribution < 1.29 is 9.47 Å². The van der Waals surface area contributed by atoms with E-state index < -0.39 is 5.79 Å². The molecule has 4 N–H and O–H groups in total. The van der Waals surface area contributed by atoms with Gasteiger partial charge in [-0.15, -0.1) is 0 Å². The van der Waals surface area contributed by atoms with Crippen molar-refractivity contribution in [2.24, 2.45) is 11.3 Å². The summed E-state index contributed by atoms with van der Waals surface area (Å²) in [7, 11) is 0. The number of ether oxygens (including phenoxy) is 2. The molecule has 2 saturated carbocycles. The molecular weight excluding hydrogens is 508 g/mol. The molecule has 2 aliphatic carbocycles. The number of nitrogen functional groups attached to an aromatic ring is 2. The Labute approximate surface area is 211 Å². The summed E-state index contributed by atoms with van der Waals surface area (Å²) in [6.07, 6.45) is 6.74. The maximum absolute atomic E-state index is 6.55. The first-order chi connectivity index (χ1) is 16.8. The zero-order chi connectivity index (χ0) is 24.1. The van der Waals surface area contributed by atoms with Gasteiger partial charge in [0.1, 0.15) is 29.7 Å². The van der Waals surface area contributed by atoms with Crippen molar-refractivity contribution in [2.45, 2.75) is 57.1 Å². The van der Waals surface area contributed by atoms with Crippen molar-refractivity contribution in [1.82, 2.24) is 19.5 Å². The molecule has 3 fully saturated rings. The minimum absolute atomic E-state index is 0.0223. The molecule has 3 aromatic heterocycles. The van der Waals surface area contributed by atoms with Gasteiger partial charge in [-0.25, -0.2) is 15.0 Å². The molecule has 8 nitrogen and oxygen atoms in total. The fourth-order valence-electron chi connectivity index (χ4n) is 6.60. The standard InChI is InChI=1S/C26H27BrN6O2/c1-25(2)34-20-19(33-8-6-15-22(28)30-12-31-24(15)33)16-11-26(16,21(20)35-25)7-5-13-3-4-14-10-17(27)23(29)32-18(14)9-13/h3-4,6,8-10,12,16,19-21H,5,7,11H2,1-2H3,(H2,29,32)(H2,28,30,31)/t16-,19?,20+,21+,26-/m1/s1. The number of aromatic nitrogens is 4. The fraction of sp³-hybridized carbons (Fsp3) is 0.423. The smallest absolute Gasteiger partial charge is 0.163 e. The van der Waals surface area contributed by atoms with Crippen LogP contribution in [0, 0.1) is 11.3 Å². The molecule has 0 amide bonds. The molecule has 0 radical (unpaired) electrons. The van der Waals surface area contributed by atoms with E-state index in [2.05, 4.69) is 59.8 Å². The van der Waals surface area contributed by atoms with Gasteiger partial charge in [0.15, 0.2) is 5.79 Å². The van der Waals surface area contributed by atoms with Gasteiger partial charge in [0, 0.05) is 17.0 Å². The van der Waals surface area contributed by atoms with Gasteiger partial charge < -0.3 is 25.5 Å². The average Bonchev–Trinajstić information content (AvgIpc) is 3.07. The van der Waals surface area contributed by atoms with Gasteiger partial charge in [0.2, 0.25) is 0 Å². The van der Waals surface area contributed by atoms with Crippen molar-refractivity contribution in [1.29, 1.82) is 0 Å². The molecule has 1 aliphatic heterocycles. The van der Waals surface area contributed by atoms with Crippen LogP contribution in [-0.2, 0) is 15.9 Å². The number of hydrogen-bond acceptors (Lipinski definition) is 7. The van der Waals surface area contributed by atoms with Crippen LogP contribution >= 0.6 is 15.9 Å². The first-order valence-electron chi connectivity index (χ1n) is 12.0. The molecule has 4 heterocycles. The normalized spacial score (nSPS) is 30.6. The van der Waals surface area contributed by atoms with Gasteiger partial charge in [-0.2, -0.15) is 0 Å². The molecular formula is C26H27BrN6O2. The summed E-state index contributed by atoms with van der Waals surface area (Å²) >= 11 is 3.47. The van der Waals surface area contributed by atoms with Crippen molar-refractivity contribution in [2.75, 3.05) is 11.5 Å². The van der Waals surface area contributed by atoms with Crippen LogP contribution < -0.4 is 11.5 Å². The maximum atomic E-state index is 6.55.